The molecule has 0 bridgehead atoms. The number of alkyl halides is 2. The van der Waals surface area contributed by atoms with Gasteiger partial charge in [-0.1, -0.05) is 0 Å². The lowest BCUT2D eigenvalue weighted by Gasteiger charge is -2.35. The van der Waals surface area contributed by atoms with Gasteiger partial charge in [0.05, 0.1) is 41.2 Å². The average molecular weight is 604 g/mol. The van der Waals surface area contributed by atoms with E-state index in [-0.39, 0.29) is 31.7 Å². The molecule has 3 N–H and O–H groups in total. The molecule has 1 amide bonds. The van der Waals surface area contributed by atoms with Crippen LogP contribution in [0.4, 0.5) is 31.8 Å². The maximum Gasteiger partial charge on any atom is 0.258 e. The minimum atomic E-state index is -3.75. The largest absolute Gasteiger partial charge is 0.395 e. The molecule has 3 aliphatic rings. The minimum Gasteiger partial charge on any atom is -0.395 e. The van der Waals surface area contributed by atoms with Crippen molar-refractivity contribution in [1.29, 1.82) is 0 Å². The SMILES string of the molecule is Cc1cn2cc(NC(=O)c3ccc(NS(=O)(=O)CCO)cc3N3CCC4(CC3)CC4)nc(N3CCC(F)(F)CC3)c2n1. The lowest BCUT2D eigenvalue weighted by atomic mass is 9.93. The molecule has 0 radical (unpaired) electrons. The number of carbonyl (C=O) groups is 1. The van der Waals surface area contributed by atoms with E-state index in [1.54, 1.807) is 33.8 Å². The average Bonchev–Trinajstić information content (AvgIpc) is 3.57. The standard InChI is InChI=1S/C28H35F2N7O4S/c1-19-17-37-18-23(32-25(24(37)31-19)36-12-8-28(29,30)9-13-36)33-26(39)21-3-2-20(34-42(40,41)15-14-38)16-22(21)35-10-6-27(4-5-27)7-11-35/h2-3,16-18,34,38H,4-15H2,1H3,(H,33,39). The van der Waals surface area contributed by atoms with E-state index >= 15 is 0 Å². The number of sulfonamides is 1. The van der Waals surface area contributed by atoms with Crippen LogP contribution in [0.15, 0.2) is 30.6 Å². The molecule has 0 unspecified atom stereocenters. The van der Waals surface area contributed by atoms with Gasteiger partial charge in [0.2, 0.25) is 10.0 Å². The number of piperidine rings is 2. The molecule has 3 fully saturated rings. The number of aryl methyl sites for hydroxylation is 1. The van der Waals surface area contributed by atoms with Crippen molar-refractivity contribution in [2.45, 2.75) is 51.4 Å². The predicted octanol–water partition coefficient (Wildman–Crippen LogP) is 3.64. The van der Waals surface area contributed by atoms with Gasteiger partial charge >= 0.3 is 0 Å². The quantitative estimate of drug-likeness (QED) is 0.356. The zero-order valence-corrected chi connectivity index (χ0v) is 24.3. The van der Waals surface area contributed by atoms with E-state index in [9.17, 15) is 22.0 Å². The molecule has 1 aromatic carbocycles. The summed E-state index contributed by atoms with van der Waals surface area (Å²) in [6, 6.07) is 4.76. The first-order chi connectivity index (χ1) is 19.9. The Bertz CT molecular complexity index is 1600. The molecule has 42 heavy (non-hydrogen) atoms. The summed E-state index contributed by atoms with van der Waals surface area (Å²) in [7, 11) is -3.75. The third-order valence-electron chi connectivity index (χ3n) is 8.57. The number of carbonyl (C=O) groups excluding carboxylic acids is 1. The minimum absolute atomic E-state index is 0.118. The van der Waals surface area contributed by atoms with Gasteiger partial charge in [-0.25, -0.2) is 27.2 Å². The van der Waals surface area contributed by atoms with Crippen molar-refractivity contribution in [2.24, 2.45) is 5.41 Å². The van der Waals surface area contributed by atoms with Gasteiger partial charge in [-0.15, -0.1) is 0 Å². The molecule has 14 heteroatoms. The van der Waals surface area contributed by atoms with Crippen LogP contribution in [0.5, 0.6) is 0 Å². The summed E-state index contributed by atoms with van der Waals surface area (Å²) in [6.45, 7) is 3.05. The first-order valence-corrected chi connectivity index (χ1v) is 15.9. The lowest BCUT2D eigenvalue weighted by molar-refractivity contribution is -0.0221. The van der Waals surface area contributed by atoms with Crippen LogP contribution in [0.3, 0.4) is 0 Å². The van der Waals surface area contributed by atoms with Crippen molar-refractivity contribution in [3.05, 3.63) is 41.9 Å². The summed E-state index contributed by atoms with van der Waals surface area (Å²) < 4.78 is 56.6. The van der Waals surface area contributed by atoms with E-state index in [2.05, 4.69) is 24.9 Å². The second-order valence-electron chi connectivity index (χ2n) is 11.7. The van der Waals surface area contributed by atoms with Gasteiger partial charge in [-0.05, 0) is 56.2 Å². The molecule has 1 spiro atoms. The Labute approximate surface area is 243 Å². The van der Waals surface area contributed by atoms with E-state index in [4.69, 9.17) is 5.11 Å². The number of fused-ring (bicyclic) bond motifs is 1. The normalized spacial score (nSPS) is 19.7. The van der Waals surface area contributed by atoms with Crippen molar-refractivity contribution < 1.29 is 27.1 Å². The third kappa shape index (κ3) is 6.00. The third-order valence-corrected chi connectivity index (χ3v) is 9.84. The maximum absolute atomic E-state index is 13.9. The van der Waals surface area contributed by atoms with E-state index < -0.39 is 34.2 Å². The molecule has 1 aliphatic carbocycles. The monoisotopic (exact) mass is 603 g/mol. The summed E-state index contributed by atoms with van der Waals surface area (Å²) in [6.07, 6.45) is 7.30. The number of imidazole rings is 1. The van der Waals surface area contributed by atoms with Gasteiger partial charge in [0.1, 0.15) is 0 Å². The summed E-state index contributed by atoms with van der Waals surface area (Å²) in [4.78, 5) is 26.8. The van der Waals surface area contributed by atoms with Crippen LogP contribution in [0.1, 0.15) is 54.6 Å². The Hall–Kier alpha value is -3.52. The number of aromatic nitrogens is 3. The van der Waals surface area contributed by atoms with Crippen LogP contribution in [0, 0.1) is 12.3 Å². The molecule has 4 heterocycles. The highest BCUT2D eigenvalue weighted by Crippen LogP contribution is 2.54. The Morgan fingerprint density at radius 3 is 2.36 bits per heavy atom. The van der Waals surface area contributed by atoms with E-state index in [1.165, 1.54) is 18.9 Å². The number of hydrogen-bond acceptors (Lipinski definition) is 8. The smallest absolute Gasteiger partial charge is 0.258 e. The first kappa shape index (κ1) is 28.6. The zero-order chi connectivity index (χ0) is 29.7. The van der Waals surface area contributed by atoms with E-state index in [0.717, 1.165) is 31.6 Å². The molecule has 1 saturated carbocycles. The fourth-order valence-corrected chi connectivity index (χ4v) is 6.73. The summed E-state index contributed by atoms with van der Waals surface area (Å²) in [5, 5.41) is 12.0. The fraction of sp³-hybridized carbons (Fsp3) is 0.536. The van der Waals surface area contributed by atoms with Crippen molar-refractivity contribution in [3.8, 4) is 0 Å². The molecule has 2 aliphatic heterocycles. The van der Waals surface area contributed by atoms with Crippen LogP contribution in [-0.4, -0.2) is 78.3 Å². The van der Waals surface area contributed by atoms with Crippen molar-refractivity contribution in [2.75, 3.05) is 58.4 Å². The van der Waals surface area contributed by atoms with Gasteiger partial charge < -0.3 is 24.6 Å². The van der Waals surface area contributed by atoms with E-state index in [1.807, 2.05) is 6.92 Å². The summed E-state index contributed by atoms with van der Waals surface area (Å²) >= 11 is 0. The second kappa shape index (κ2) is 10.6. The molecular weight excluding hydrogens is 568 g/mol. The second-order valence-corrected chi connectivity index (χ2v) is 13.6. The van der Waals surface area contributed by atoms with E-state index in [0.29, 0.717) is 33.8 Å². The number of anilines is 4. The topological polar surface area (TPSA) is 132 Å². The Morgan fingerprint density at radius 1 is 1.00 bits per heavy atom. The molecule has 3 aromatic rings. The molecule has 2 aromatic heterocycles. The number of aliphatic hydroxyl groups is 1. The molecule has 2 saturated heterocycles. The van der Waals surface area contributed by atoms with Gasteiger partial charge in [-0.2, -0.15) is 0 Å². The number of rotatable bonds is 8. The number of hydrogen-bond donors (Lipinski definition) is 3. The van der Waals surface area contributed by atoms with Crippen molar-refractivity contribution >= 4 is 44.6 Å². The Kier molecular flexibility index (Phi) is 7.24. The summed E-state index contributed by atoms with van der Waals surface area (Å²) in [5.41, 5.74) is 2.91. The van der Waals surface area contributed by atoms with Gasteiger partial charge in [0.25, 0.3) is 11.8 Å². The molecule has 11 nitrogen and oxygen atoms in total. The van der Waals surface area contributed by atoms with Crippen LogP contribution >= 0.6 is 0 Å². The number of nitrogens with one attached hydrogen (secondary N) is 2. The van der Waals surface area contributed by atoms with Crippen molar-refractivity contribution in [1.82, 2.24) is 14.4 Å². The van der Waals surface area contributed by atoms with Gasteiger partial charge in [-0.3, -0.25) is 9.52 Å². The summed E-state index contributed by atoms with van der Waals surface area (Å²) in [5.74, 6) is -2.91. The van der Waals surface area contributed by atoms with Crippen LogP contribution < -0.4 is 19.8 Å². The fourth-order valence-electron chi connectivity index (χ4n) is 5.90. The van der Waals surface area contributed by atoms with Crippen LogP contribution in [-0.2, 0) is 10.0 Å². The molecule has 6 rings (SSSR count). The highest BCUT2D eigenvalue weighted by atomic mass is 32.2. The van der Waals surface area contributed by atoms with Gasteiger partial charge in [0.15, 0.2) is 17.3 Å². The number of amides is 1. The number of nitrogens with zero attached hydrogens (tertiary/aromatic N) is 5. The lowest BCUT2D eigenvalue weighted by Crippen LogP contribution is -2.40. The van der Waals surface area contributed by atoms with Crippen molar-refractivity contribution in [3.63, 3.8) is 0 Å². The predicted molar refractivity (Wildman–Crippen MR) is 156 cm³/mol. The number of halogens is 2. The Balaban J connectivity index is 1.30. The van der Waals surface area contributed by atoms with Crippen LogP contribution in [0.25, 0.3) is 5.65 Å². The molecule has 226 valence electrons. The highest BCUT2D eigenvalue weighted by molar-refractivity contribution is 7.92. The maximum atomic E-state index is 13.9. The number of benzene rings is 1. The molecular formula is C28H35F2N7O4S. The van der Waals surface area contributed by atoms with Gasteiger partial charge in [0, 0.05) is 45.2 Å². The number of aliphatic hydroxyl groups excluding tert-OH is 1. The zero-order valence-electron chi connectivity index (χ0n) is 23.4. The first-order valence-electron chi connectivity index (χ1n) is 14.3. The Morgan fingerprint density at radius 2 is 1.69 bits per heavy atom. The highest BCUT2D eigenvalue weighted by Gasteiger charge is 2.44. The molecule has 0 atom stereocenters. The van der Waals surface area contributed by atoms with Crippen LogP contribution in [0.2, 0.25) is 0 Å².